The van der Waals surface area contributed by atoms with Crippen LogP contribution >= 0.6 is 0 Å². The lowest BCUT2D eigenvalue weighted by molar-refractivity contribution is 0.0126. The maximum absolute atomic E-state index is 16.0. The number of fused-ring (bicyclic) bond motifs is 2. The van der Waals surface area contributed by atoms with Crippen LogP contribution in [0.4, 0.5) is 19.3 Å². The van der Waals surface area contributed by atoms with Crippen molar-refractivity contribution in [2.45, 2.75) is 30.9 Å². The van der Waals surface area contributed by atoms with E-state index >= 15 is 8.78 Å². The van der Waals surface area contributed by atoms with Crippen LogP contribution in [0.2, 0.25) is 0 Å². The zero-order valence-electron chi connectivity index (χ0n) is 17.3. The van der Waals surface area contributed by atoms with Gasteiger partial charge in [-0.15, -0.1) is 0 Å². The van der Waals surface area contributed by atoms with Gasteiger partial charge in [-0.25, -0.2) is 13.6 Å². The van der Waals surface area contributed by atoms with Gasteiger partial charge in [0, 0.05) is 43.8 Å². The second-order valence-electron chi connectivity index (χ2n) is 8.63. The molecule has 8 nitrogen and oxygen atoms in total. The molecule has 2 aromatic rings. The Morgan fingerprint density at radius 1 is 1.38 bits per heavy atom. The van der Waals surface area contributed by atoms with E-state index in [-0.39, 0.29) is 47.2 Å². The van der Waals surface area contributed by atoms with Crippen LogP contribution < -0.4 is 20.8 Å². The van der Waals surface area contributed by atoms with Crippen molar-refractivity contribution in [3.05, 3.63) is 40.2 Å². The molecule has 1 aromatic carbocycles. The van der Waals surface area contributed by atoms with Crippen LogP contribution in [-0.2, 0) is 4.74 Å². The minimum Gasteiger partial charge on any atom is -0.449 e. The summed E-state index contributed by atoms with van der Waals surface area (Å²) < 4.78 is 43.7. The highest BCUT2D eigenvalue weighted by atomic mass is 19.1. The quantitative estimate of drug-likeness (QED) is 0.679. The summed E-state index contributed by atoms with van der Waals surface area (Å²) >= 11 is 0. The van der Waals surface area contributed by atoms with Crippen molar-refractivity contribution in [2.75, 3.05) is 31.1 Å². The summed E-state index contributed by atoms with van der Waals surface area (Å²) in [5, 5.41) is 8.71. The molecule has 0 amide bonds. The fourth-order valence-electron chi connectivity index (χ4n) is 5.14. The molecule has 1 aromatic heterocycles. The van der Waals surface area contributed by atoms with E-state index in [1.165, 1.54) is 10.8 Å². The number of rotatable bonds is 5. The highest BCUT2D eigenvalue weighted by molar-refractivity contribution is 5.93. The number of nitrogens with two attached hydrogens (primary N) is 1. The van der Waals surface area contributed by atoms with Crippen LogP contribution in [0.3, 0.4) is 0 Å². The van der Waals surface area contributed by atoms with Crippen LogP contribution in [0.15, 0.2) is 17.6 Å². The van der Waals surface area contributed by atoms with Gasteiger partial charge in [-0.3, -0.25) is 4.79 Å². The second-order valence-corrected chi connectivity index (χ2v) is 8.63. The number of benzene rings is 1. The Labute approximate surface area is 181 Å². The van der Waals surface area contributed by atoms with Gasteiger partial charge in [-0.2, -0.15) is 0 Å². The summed E-state index contributed by atoms with van der Waals surface area (Å²) in [7, 11) is 0. The number of carboxylic acid groups (broad SMARTS) is 1. The molecule has 3 N–H and O–H groups in total. The monoisotopic (exact) mass is 447 g/mol. The number of hydrogen-bond donors (Lipinski definition) is 2. The number of ether oxygens (including phenoxy) is 2. The van der Waals surface area contributed by atoms with Crippen LogP contribution in [0, 0.1) is 17.6 Å². The molecule has 1 saturated carbocycles. The smallest absolute Gasteiger partial charge is 0.449 e. The lowest BCUT2D eigenvalue weighted by atomic mass is 9.91. The summed E-state index contributed by atoms with van der Waals surface area (Å²) in [5.41, 5.74) is 3.88. The van der Waals surface area contributed by atoms with Gasteiger partial charge in [-0.05, 0) is 19.3 Å². The van der Waals surface area contributed by atoms with Crippen LogP contribution in [0.1, 0.15) is 30.9 Å². The van der Waals surface area contributed by atoms with E-state index in [0.29, 0.717) is 13.2 Å². The molecule has 2 atom stereocenters. The Morgan fingerprint density at radius 2 is 2.12 bits per heavy atom. The Kier molecular flexibility index (Phi) is 4.75. The fourth-order valence-corrected chi connectivity index (χ4v) is 5.14. The summed E-state index contributed by atoms with van der Waals surface area (Å²) in [6.07, 6.45) is 2.85. The summed E-state index contributed by atoms with van der Waals surface area (Å²) in [4.78, 5) is 25.7. The van der Waals surface area contributed by atoms with Gasteiger partial charge in [0.05, 0.1) is 17.1 Å². The summed E-state index contributed by atoms with van der Waals surface area (Å²) in [6.45, 7) is 5.02. The van der Waals surface area contributed by atoms with E-state index in [2.05, 4.69) is 11.3 Å². The molecule has 10 heteroatoms. The SMILES string of the molecule is C=Cc1c(F)c(N2CC3CCOC3(CN)C2)c(F)c2c1c(=O)c(OC(=O)O)cn2C1CC1. The molecule has 3 heterocycles. The third kappa shape index (κ3) is 2.93. The molecular weight excluding hydrogens is 424 g/mol. The topological polar surface area (TPSA) is 107 Å². The molecule has 170 valence electrons. The molecule has 1 aliphatic carbocycles. The average Bonchev–Trinajstić information content (AvgIpc) is 3.42. The minimum atomic E-state index is -1.68. The lowest BCUT2D eigenvalue weighted by Gasteiger charge is -2.28. The van der Waals surface area contributed by atoms with E-state index in [4.69, 9.17) is 15.6 Å². The number of anilines is 1. The highest BCUT2D eigenvalue weighted by Gasteiger charge is 2.51. The van der Waals surface area contributed by atoms with Crippen molar-refractivity contribution in [1.82, 2.24) is 4.57 Å². The van der Waals surface area contributed by atoms with Crippen LogP contribution in [0.25, 0.3) is 17.0 Å². The minimum absolute atomic E-state index is 0.0474. The second kappa shape index (κ2) is 7.28. The van der Waals surface area contributed by atoms with E-state index in [1.807, 2.05) is 0 Å². The number of aromatic nitrogens is 1. The zero-order chi connectivity index (χ0) is 22.8. The van der Waals surface area contributed by atoms with E-state index in [9.17, 15) is 9.59 Å². The number of carbonyl (C=O) groups is 1. The number of pyridine rings is 1. The van der Waals surface area contributed by atoms with Crippen molar-refractivity contribution in [3.8, 4) is 5.75 Å². The van der Waals surface area contributed by atoms with Gasteiger partial charge < -0.3 is 29.8 Å². The first-order valence-corrected chi connectivity index (χ1v) is 10.5. The van der Waals surface area contributed by atoms with Gasteiger partial charge in [0.15, 0.2) is 17.4 Å². The fraction of sp³-hybridized carbons (Fsp3) is 0.455. The van der Waals surface area contributed by atoms with Crippen LogP contribution in [0.5, 0.6) is 5.75 Å². The summed E-state index contributed by atoms with van der Waals surface area (Å²) in [5.74, 6) is -2.26. The molecule has 0 spiro atoms. The maximum atomic E-state index is 16.0. The Balaban J connectivity index is 1.77. The molecule has 0 radical (unpaired) electrons. The largest absolute Gasteiger partial charge is 0.511 e. The van der Waals surface area contributed by atoms with Crippen molar-refractivity contribution < 1.29 is 28.2 Å². The Bertz CT molecular complexity index is 1210. The molecule has 2 saturated heterocycles. The van der Waals surface area contributed by atoms with Gasteiger partial charge in [0.25, 0.3) is 0 Å². The third-order valence-corrected chi connectivity index (χ3v) is 6.83. The number of hydrogen-bond acceptors (Lipinski definition) is 6. The van der Waals surface area contributed by atoms with Crippen molar-refractivity contribution in [1.29, 1.82) is 0 Å². The van der Waals surface area contributed by atoms with Crippen molar-refractivity contribution in [2.24, 2.45) is 11.7 Å². The maximum Gasteiger partial charge on any atom is 0.511 e. The molecule has 2 unspecified atom stereocenters. The molecule has 3 fully saturated rings. The first kappa shape index (κ1) is 20.9. The Morgan fingerprint density at radius 3 is 2.72 bits per heavy atom. The molecular formula is C22H23F2N3O5. The highest BCUT2D eigenvalue weighted by Crippen LogP contribution is 2.45. The predicted molar refractivity (Wildman–Crippen MR) is 113 cm³/mol. The van der Waals surface area contributed by atoms with E-state index < -0.39 is 34.6 Å². The van der Waals surface area contributed by atoms with Gasteiger partial charge in [-0.1, -0.05) is 12.7 Å². The van der Waals surface area contributed by atoms with Crippen molar-refractivity contribution in [3.63, 3.8) is 0 Å². The zero-order valence-corrected chi connectivity index (χ0v) is 17.3. The molecule has 0 bridgehead atoms. The molecule has 3 aliphatic rings. The van der Waals surface area contributed by atoms with Gasteiger partial charge >= 0.3 is 6.16 Å². The standard InChI is InChI=1S/C22H23F2N3O5/c1-2-13-15-18(27(12-3-4-12)8-14(20(15)28)32-21(29)30)17(24)19(16(13)23)26-7-11-5-6-31-22(11,9-25)10-26/h2,8,11-12H,1,3-7,9-10,25H2,(H,29,30). The van der Waals surface area contributed by atoms with Gasteiger partial charge in [0.1, 0.15) is 11.3 Å². The van der Waals surface area contributed by atoms with Gasteiger partial charge in [0.2, 0.25) is 5.43 Å². The Hall–Kier alpha value is -2.98. The van der Waals surface area contributed by atoms with E-state index in [0.717, 1.165) is 25.3 Å². The molecule has 5 rings (SSSR count). The summed E-state index contributed by atoms with van der Waals surface area (Å²) in [6, 6.07) is -0.142. The first-order valence-electron chi connectivity index (χ1n) is 10.5. The number of nitrogens with zero attached hydrogens (tertiary/aromatic N) is 2. The third-order valence-electron chi connectivity index (χ3n) is 6.83. The van der Waals surface area contributed by atoms with Crippen molar-refractivity contribution >= 4 is 28.8 Å². The molecule has 32 heavy (non-hydrogen) atoms. The van der Waals surface area contributed by atoms with E-state index in [1.54, 1.807) is 4.90 Å². The lowest BCUT2D eigenvalue weighted by Crippen LogP contribution is -2.44. The predicted octanol–water partition coefficient (Wildman–Crippen LogP) is 2.87. The average molecular weight is 447 g/mol. The number of halogens is 2. The first-order chi connectivity index (χ1) is 15.3. The molecule has 2 aliphatic heterocycles. The normalized spacial score (nSPS) is 24.7. The van der Waals surface area contributed by atoms with Crippen LogP contribution in [-0.4, -0.2) is 47.7 Å².